The summed E-state index contributed by atoms with van der Waals surface area (Å²) < 4.78 is 30.8. The summed E-state index contributed by atoms with van der Waals surface area (Å²) in [4.78, 5) is 23.5. The molecule has 22 heavy (non-hydrogen) atoms. The highest BCUT2D eigenvalue weighted by molar-refractivity contribution is 7.91. The highest BCUT2D eigenvalue weighted by Crippen LogP contribution is 2.15. The third-order valence-corrected chi connectivity index (χ3v) is 5.97. The molecule has 1 aromatic rings. The maximum Gasteiger partial charge on any atom is 0.328 e. The standard InChI is InChI=1S/C13H20N2O5S2/c1-4-9(2)12(13(17)20-3)15-10(16)8-14-22(18,19)11-6-5-7-21-11/h5-7,9,12,14H,4,8H2,1-3H3,(H,15,16)/t9-,12-/m1/s1. The Labute approximate surface area is 134 Å². The van der Waals surface area contributed by atoms with Gasteiger partial charge in [0.2, 0.25) is 5.91 Å². The lowest BCUT2D eigenvalue weighted by atomic mass is 9.99. The Morgan fingerprint density at radius 1 is 1.41 bits per heavy atom. The van der Waals surface area contributed by atoms with Crippen molar-refractivity contribution in [1.82, 2.24) is 10.0 Å². The number of sulfonamides is 1. The number of rotatable bonds is 8. The van der Waals surface area contributed by atoms with Crippen LogP contribution in [0.2, 0.25) is 0 Å². The lowest BCUT2D eigenvalue weighted by Crippen LogP contribution is -2.48. The fourth-order valence-corrected chi connectivity index (χ4v) is 3.69. The maximum absolute atomic E-state index is 11.9. The quantitative estimate of drug-likeness (QED) is 0.675. The monoisotopic (exact) mass is 348 g/mol. The first kappa shape index (κ1) is 18.6. The Hall–Kier alpha value is -1.45. The number of hydrogen-bond acceptors (Lipinski definition) is 6. The van der Waals surface area contributed by atoms with Gasteiger partial charge in [-0.05, 0) is 17.4 Å². The van der Waals surface area contributed by atoms with Crippen LogP contribution in [0, 0.1) is 5.92 Å². The molecule has 2 atom stereocenters. The maximum atomic E-state index is 11.9. The molecule has 1 aromatic heterocycles. The number of thiophene rings is 1. The van der Waals surface area contributed by atoms with E-state index in [1.807, 2.05) is 6.92 Å². The van der Waals surface area contributed by atoms with E-state index < -0.39 is 34.5 Å². The molecule has 0 aliphatic rings. The zero-order chi connectivity index (χ0) is 16.8. The van der Waals surface area contributed by atoms with Crippen LogP contribution in [-0.2, 0) is 24.3 Å². The Morgan fingerprint density at radius 3 is 2.59 bits per heavy atom. The van der Waals surface area contributed by atoms with Gasteiger partial charge in [0.25, 0.3) is 10.0 Å². The third kappa shape index (κ3) is 5.08. The number of carbonyl (C=O) groups is 2. The lowest BCUT2D eigenvalue weighted by Gasteiger charge is -2.21. The Bertz CT molecular complexity index is 598. The smallest absolute Gasteiger partial charge is 0.328 e. The molecule has 0 saturated heterocycles. The Kier molecular flexibility index (Phi) is 6.98. The van der Waals surface area contributed by atoms with E-state index in [4.69, 9.17) is 0 Å². The number of carbonyl (C=O) groups excluding carboxylic acids is 2. The summed E-state index contributed by atoms with van der Waals surface area (Å²) in [5.74, 6) is -1.26. The van der Waals surface area contributed by atoms with E-state index in [1.165, 1.54) is 13.2 Å². The molecule has 0 aromatic carbocycles. The number of ether oxygens (including phenoxy) is 1. The summed E-state index contributed by atoms with van der Waals surface area (Å²) >= 11 is 1.06. The van der Waals surface area contributed by atoms with Gasteiger partial charge in [-0.25, -0.2) is 17.9 Å². The lowest BCUT2D eigenvalue weighted by molar-refractivity contribution is -0.146. The van der Waals surface area contributed by atoms with Crippen LogP contribution in [0.1, 0.15) is 20.3 Å². The van der Waals surface area contributed by atoms with Crippen LogP contribution < -0.4 is 10.0 Å². The zero-order valence-corrected chi connectivity index (χ0v) is 14.3. The van der Waals surface area contributed by atoms with E-state index in [1.54, 1.807) is 18.4 Å². The molecular formula is C13H20N2O5S2. The minimum atomic E-state index is -3.71. The second-order valence-electron chi connectivity index (χ2n) is 4.71. The molecule has 0 bridgehead atoms. The van der Waals surface area contributed by atoms with Gasteiger partial charge >= 0.3 is 5.97 Å². The summed E-state index contributed by atoms with van der Waals surface area (Å²) in [6.45, 7) is 3.24. The number of nitrogens with one attached hydrogen (secondary N) is 2. The van der Waals surface area contributed by atoms with E-state index in [-0.39, 0.29) is 10.1 Å². The van der Waals surface area contributed by atoms with Crippen LogP contribution >= 0.6 is 11.3 Å². The van der Waals surface area contributed by atoms with Gasteiger partial charge in [-0.3, -0.25) is 4.79 Å². The van der Waals surface area contributed by atoms with Crippen molar-refractivity contribution in [1.29, 1.82) is 0 Å². The predicted molar refractivity (Wildman–Crippen MR) is 82.9 cm³/mol. The van der Waals surface area contributed by atoms with Gasteiger partial charge in [0.05, 0.1) is 13.7 Å². The van der Waals surface area contributed by atoms with Crippen molar-refractivity contribution in [2.45, 2.75) is 30.5 Å². The minimum Gasteiger partial charge on any atom is -0.467 e. The van der Waals surface area contributed by atoms with E-state index >= 15 is 0 Å². The van der Waals surface area contributed by atoms with Crippen molar-refractivity contribution in [3.63, 3.8) is 0 Å². The van der Waals surface area contributed by atoms with Crippen LogP contribution in [-0.4, -0.2) is 40.0 Å². The first-order valence-corrected chi connectivity index (χ1v) is 9.08. The molecule has 124 valence electrons. The van der Waals surface area contributed by atoms with Crippen molar-refractivity contribution in [3.05, 3.63) is 17.5 Å². The molecule has 0 unspecified atom stereocenters. The highest BCUT2D eigenvalue weighted by Gasteiger charge is 2.27. The topological polar surface area (TPSA) is 102 Å². The highest BCUT2D eigenvalue weighted by atomic mass is 32.2. The number of amides is 1. The molecule has 1 rings (SSSR count). The van der Waals surface area contributed by atoms with Crippen molar-refractivity contribution in [2.24, 2.45) is 5.92 Å². The fraction of sp³-hybridized carbons (Fsp3) is 0.538. The molecule has 0 spiro atoms. The molecule has 0 radical (unpaired) electrons. The first-order valence-electron chi connectivity index (χ1n) is 6.72. The molecule has 7 nitrogen and oxygen atoms in total. The molecule has 0 aliphatic heterocycles. The molecular weight excluding hydrogens is 328 g/mol. The summed E-state index contributed by atoms with van der Waals surface area (Å²) in [5, 5.41) is 4.13. The molecule has 2 N–H and O–H groups in total. The fourth-order valence-electron chi connectivity index (χ4n) is 1.67. The second kappa shape index (κ2) is 8.25. The van der Waals surface area contributed by atoms with E-state index in [2.05, 4.69) is 14.8 Å². The molecule has 1 amide bonds. The summed E-state index contributed by atoms with van der Waals surface area (Å²) in [6, 6.07) is 2.25. The van der Waals surface area contributed by atoms with Gasteiger partial charge in [0, 0.05) is 0 Å². The van der Waals surface area contributed by atoms with Crippen molar-refractivity contribution < 1.29 is 22.7 Å². The average Bonchev–Trinajstić information content (AvgIpc) is 3.04. The summed E-state index contributed by atoms with van der Waals surface area (Å²) in [7, 11) is -2.47. The van der Waals surface area contributed by atoms with Crippen molar-refractivity contribution in [3.8, 4) is 0 Å². The molecule has 0 aliphatic carbocycles. The van der Waals surface area contributed by atoms with Gasteiger partial charge < -0.3 is 10.1 Å². The van der Waals surface area contributed by atoms with Crippen LogP contribution in [0.5, 0.6) is 0 Å². The Balaban J connectivity index is 2.63. The first-order chi connectivity index (χ1) is 10.3. The predicted octanol–water partition coefficient (Wildman–Crippen LogP) is 0.730. The van der Waals surface area contributed by atoms with E-state index in [9.17, 15) is 18.0 Å². The van der Waals surface area contributed by atoms with E-state index in [0.717, 1.165) is 11.3 Å². The summed E-state index contributed by atoms with van der Waals surface area (Å²) in [5.41, 5.74) is 0. The Morgan fingerprint density at radius 2 is 2.09 bits per heavy atom. The van der Waals surface area contributed by atoms with Crippen molar-refractivity contribution >= 4 is 33.2 Å². The molecule has 9 heteroatoms. The number of hydrogen-bond donors (Lipinski definition) is 2. The van der Waals surface area contributed by atoms with Gasteiger partial charge in [-0.15, -0.1) is 11.3 Å². The molecule has 0 fully saturated rings. The van der Waals surface area contributed by atoms with Crippen LogP contribution in [0.3, 0.4) is 0 Å². The van der Waals surface area contributed by atoms with Gasteiger partial charge in [0.1, 0.15) is 10.3 Å². The molecule has 0 saturated carbocycles. The van der Waals surface area contributed by atoms with Gasteiger partial charge in [0.15, 0.2) is 0 Å². The largest absolute Gasteiger partial charge is 0.467 e. The summed E-state index contributed by atoms with van der Waals surface area (Å²) in [6.07, 6.45) is 0.668. The van der Waals surface area contributed by atoms with Crippen LogP contribution in [0.15, 0.2) is 21.7 Å². The minimum absolute atomic E-state index is 0.120. The van der Waals surface area contributed by atoms with Crippen molar-refractivity contribution in [2.75, 3.05) is 13.7 Å². The average molecular weight is 348 g/mol. The number of esters is 1. The van der Waals surface area contributed by atoms with Crippen LogP contribution in [0.4, 0.5) is 0 Å². The number of methoxy groups -OCH3 is 1. The van der Waals surface area contributed by atoms with Crippen LogP contribution in [0.25, 0.3) is 0 Å². The third-order valence-electron chi connectivity index (χ3n) is 3.17. The molecule has 1 heterocycles. The van der Waals surface area contributed by atoms with Gasteiger partial charge in [-0.1, -0.05) is 26.3 Å². The normalized spacial score (nSPS) is 14.1. The zero-order valence-electron chi connectivity index (χ0n) is 12.7. The van der Waals surface area contributed by atoms with Gasteiger partial charge in [-0.2, -0.15) is 0 Å². The second-order valence-corrected chi connectivity index (χ2v) is 7.65. The SMILES string of the molecule is CC[C@@H](C)[C@@H](NC(=O)CNS(=O)(=O)c1cccs1)C(=O)OC. The van der Waals surface area contributed by atoms with E-state index in [0.29, 0.717) is 6.42 Å².